The van der Waals surface area contributed by atoms with E-state index in [1.54, 1.807) is 0 Å². The van der Waals surface area contributed by atoms with Gasteiger partial charge in [0.25, 0.3) is 0 Å². The van der Waals surface area contributed by atoms with Crippen molar-refractivity contribution in [2.24, 2.45) is 0 Å². The van der Waals surface area contributed by atoms with Crippen LogP contribution in [0.25, 0.3) is 0 Å². The minimum absolute atomic E-state index is 0.596. The van der Waals surface area contributed by atoms with Crippen molar-refractivity contribution in [3.63, 3.8) is 0 Å². The molecule has 0 aliphatic rings. The zero-order valence-electron chi connectivity index (χ0n) is 8.11. The molecule has 0 aliphatic heterocycles. The third kappa shape index (κ3) is 6.19. The Labute approximate surface area is 73.0 Å². The summed E-state index contributed by atoms with van der Waals surface area (Å²) in [5, 5.41) is 0. The van der Waals surface area contributed by atoms with E-state index in [-0.39, 0.29) is 0 Å². The molecule has 0 aromatic carbocycles. The maximum atomic E-state index is 3.44. The molecule has 0 radical (unpaired) electrons. The summed E-state index contributed by atoms with van der Waals surface area (Å²) in [4.78, 5) is 0. The van der Waals surface area contributed by atoms with Gasteiger partial charge in [0.1, 0.15) is 8.80 Å². The van der Waals surface area contributed by atoms with Crippen LogP contribution in [0.5, 0.6) is 0 Å². The van der Waals surface area contributed by atoms with E-state index in [1.807, 2.05) is 0 Å². The topological polar surface area (TPSA) is 0 Å². The molecule has 0 unspecified atom stereocenters. The van der Waals surface area contributed by atoms with Crippen molar-refractivity contribution in [3.8, 4) is 11.5 Å². The predicted molar refractivity (Wildman–Crippen MR) is 55.4 cm³/mol. The van der Waals surface area contributed by atoms with E-state index in [4.69, 9.17) is 0 Å². The number of unbranched alkanes of at least 4 members (excludes halogenated alkanes) is 2. The van der Waals surface area contributed by atoms with Crippen LogP contribution < -0.4 is 0 Å². The van der Waals surface area contributed by atoms with Gasteiger partial charge in [-0.15, -0.1) is 11.5 Å². The molecule has 64 valence electrons. The first kappa shape index (κ1) is 10.8. The van der Waals surface area contributed by atoms with Crippen molar-refractivity contribution in [1.82, 2.24) is 0 Å². The van der Waals surface area contributed by atoms with Gasteiger partial charge in [0.05, 0.1) is 0 Å². The van der Waals surface area contributed by atoms with Crippen LogP contribution in [0.3, 0.4) is 0 Å². The number of hydrogen-bond acceptors (Lipinski definition) is 0. The summed E-state index contributed by atoms with van der Waals surface area (Å²) in [6.45, 7) is 6.76. The molecule has 0 aliphatic carbocycles. The van der Waals surface area contributed by atoms with E-state index in [9.17, 15) is 0 Å². The normalized spacial score (nSPS) is 9.45. The maximum absolute atomic E-state index is 3.44. The van der Waals surface area contributed by atoms with Crippen LogP contribution >= 0.6 is 0 Å². The van der Waals surface area contributed by atoms with Gasteiger partial charge in [0.2, 0.25) is 0 Å². The molecule has 11 heavy (non-hydrogen) atoms. The van der Waals surface area contributed by atoms with Crippen LogP contribution in [-0.4, -0.2) is 8.80 Å². The van der Waals surface area contributed by atoms with Crippen molar-refractivity contribution in [2.75, 3.05) is 0 Å². The third-order valence-corrected chi connectivity index (χ3v) is 4.53. The Morgan fingerprint density at radius 2 is 1.73 bits per heavy atom. The van der Waals surface area contributed by atoms with Crippen molar-refractivity contribution >= 4 is 8.80 Å². The highest BCUT2D eigenvalue weighted by Crippen LogP contribution is 1.96. The Hall–Kier alpha value is -0.223. The second-order valence-electron chi connectivity index (χ2n) is 2.94. The molecule has 0 aromatic heterocycles. The highest BCUT2D eigenvalue weighted by molar-refractivity contribution is 6.67. The van der Waals surface area contributed by atoms with Gasteiger partial charge >= 0.3 is 0 Å². The summed E-state index contributed by atoms with van der Waals surface area (Å²) in [6.07, 6.45) is 3.68. The first-order chi connectivity index (χ1) is 5.35. The van der Waals surface area contributed by atoms with Crippen molar-refractivity contribution < 1.29 is 0 Å². The van der Waals surface area contributed by atoms with Crippen molar-refractivity contribution in [2.45, 2.75) is 52.1 Å². The minimum atomic E-state index is -0.596. The summed E-state index contributed by atoms with van der Waals surface area (Å²) >= 11 is 0. The molecular weight excluding hydrogens is 148 g/mol. The number of rotatable bonds is 4. The zero-order chi connectivity index (χ0) is 8.53. The summed E-state index contributed by atoms with van der Waals surface area (Å²) in [5.41, 5.74) is 3.44. The minimum Gasteiger partial charge on any atom is -0.135 e. The van der Waals surface area contributed by atoms with E-state index in [0.29, 0.717) is 0 Å². The smallest absolute Gasteiger partial charge is 0.122 e. The monoisotopic (exact) mass is 168 g/mol. The Morgan fingerprint density at radius 3 is 2.18 bits per heavy atom. The molecule has 0 saturated carbocycles. The summed E-state index contributed by atoms with van der Waals surface area (Å²) < 4.78 is 0. The molecule has 0 rings (SSSR count). The summed E-state index contributed by atoms with van der Waals surface area (Å²) in [6, 6.07) is 2.69. The van der Waals surface area contributed by atoms with Gasteiger partial charge in [-0.25, -0.2) is 0 Å². The zero-order valence-corrected chi connectivity index (χ0v) is 9.27. The van der Waals surface area contributed by atoms with Gasteiger partial charge in [0, 0.05) is 6.42 Å². The fraction of sp³-hybridized carbons (Fsp3) is 0.800. The molecule has 0 bridgehead atoms. The lowest BCUT2D eigenvalue weighted by Crippen LogP contribution is -2.04. The SMILES string of the molecule is CCCCC#C[SiH](CC)CC. The van der Waals surface area contributed by atoms with Crippen LogP contribution in [0.1, 0.15) is 40.0 Å². The molecule has 0 atom stereocenters. The van der Waals surface area contributed by atoms with Gasteiger partial charge in [-0.3, -0.25) is 0 Å². The Kier molecular flexibility index (Phi) is 7.72. The van der Waals surface area contributed by atoms with Gasteiger partial charge in [-0.05, 0) is 6.42 Å². The van der Waals surface area contributed by atoms with Crippen LogP contribution in [0.15, 0.2) is 0 Å². The van der Waals surface area contributed by atoms with Crippen LogP contribution in [-0.2, 0) is 0 Å². The average Bonchev–Trinajstić information content (AvgIpc) is 2.05. The molecule has 0 fully saturated rings. The van der Waals surface area contributed by atoms with Crippen molar-refractivity contribution in [3.05, 3.63) is 0 Å². The molecule has 0 aromatic rings. The van der Waals surface area contributed by atoms with Crippen LogP contribution in [0.4, 0.5) is 0 Å². The molecular formula is C10H20Si. The number of hydrogen-bond donors (Lipinski definition) is 0. The molecule has 0 heterocycles. The lowest BCUT2D eigenvalue weighted by atomic mass is 10.3. The molecule has 0 saturated heterocycles. The van der Waals surface area contributed by atoms with E-state index in [0.717, 1.165) is 6.42 Å². The first-order valence-corrected chi connectivity index (χ1v) is 7.04. The van der Waals surface area contributed by atoms with Gasteiger partial charge in [-0.2, -0.15) is 0 Å². The van der Waals surface area contributed by atoms with E-state index < -0.39 is 8.80 Å². The molecule has 0 nitrogen and oxygen atoms in total. The highest BCUT2D eigenvalue weighted by atomic mass is 28.3. The van der Waals surface area contributed by atoms with Gasteiger partial charge < -0.3 is 0 Å². The second-order valence-corrected chi connectivity index (χ2v) is 6.25. The summed E-state index contributed by atoms with van der Waals surface area (Å²) in [5.74, 6) is 3.30. The molecule has 0 spiro atoms. The van der Waals surface area contributed by atoms with Gasteiger partial charge in [-0.1, -0.05) is 39.3 Å². The van der Waals surface area contributed by atoms with E-state index >= 15 is 0 Å². The predicted octanol–water partition coefficient (Wildman–Crippen LogP) is 2.99. The van der Waals surface area contributed by atoms with E-state index in [1.165, 1.54) is 24.9 Å². The van der Waals surface area contributed by atoms with Gasteiger partial charge in [0.15, 0.2) is 0 Å². The lowest BCUT2D eigenvalue weighted by molar-refractivity contribution is 0.828. The quantitative estimate of drug-likeness (QED) is 0.344. The fourth-order valence-corrected chi connectivity index (χ4v) is 2.39. The van der Waals surface area contributed by atoms with Crippen molar-refractivity contribution in [1.29, 1.82) is 0 Å². The summed E-state index contributed by atoms with van der Waals surface area (Å²) in [7, 11) is -0.596. The first-order valence-electron chi connectivity index (χ1n) is 4.83. The van der Waals surface area contributed by atoms with Crippen LogP contribution in [0, 0.1) is 11.5 Å². The standard InChI is InChI=1S/C10H20Si/c1-4-7-8-9-10-11(5-2)6-3/h11H,4-8H2,1-3H3. The van der Waals surface area contributed by atoms with E-state index in [2.05, 4.69) is 32.2 Å². The lowest BCUT2D eigenvalue weighted by Gasteiger charge is -1.97. The molecule has 0 N–H and O–H groups in total. The maximum Gasteiger partial charge on any atom is 0.122 e. The molecule has 1 heteroatoms. The Bertz CT molecular complexity index is 126. The fourth-order valence-electron chi connectivity index (χ4n) is 0.974. The third-order valence-electron chi connectivity index (χ3n) is 1.95. The average molecular weight is 168 g/mol. The second kappa shape index (κ2) is 7.88. The molecule has 0 amide bonds. The Balaban J connectivity index is 3.47. The Morgan fingerprint density at radius 1 is 1.09 bits per heavy atom. The van der Waals surface area contributed by atoms with Crippen LogP contribution in [0.2, 0.25) is 12.1 Å². The highest BCUT2D eigenvalue weighted by Gasteiger charge is 1.97. The largest absolute Gasteiger partial charge is 0.135 e.